The third-order valence-corrected chi connectivity index (χ3v) is 1.51. The van der Waals surface area contributed by atoms with E-state index in [2.05, 4.69) is 0 Å². The Balaban J connectivity index is 2.46. The molecule has 0 saturated heterocycles. The molecule has 0 spiro atoms. The summed E-state index contributed by atoms with van der Waals surface area (Å²) in [7, 11) is 1.98. The van der Waals surface area contributed by atoms with Crippen LogP contribution in [0.3, 0.4) is 0 Å². The van der Waals surface area contributed by atoms with Crippen LogP contribution in [0.15, 0.2) is 12.3 Å². The van der Waals surface area contributed by atoms with Gasteiger partial charge in [-0.05, 0) is 12.6 Å². The van der Waals surface area contributed by atoms with Gasteiger partial charge in [0.2, 0.25) is 0 Å². The molecule has 1 atom stereocenters. The second-order valence-corrected chi connectivity index (χ2v) is 2.46. The molecule has 1 aliphatic heterocycles. The summed E-state index contributed by atoms with van der Waals surface area (Å²) in [5.41, 5.74) is 0. The molecule has 0 aromatic carbocycles. The fraction of sp³-hybridized carbons (Fsp3) is 0.571. The highest BCUT2D eigenvalue weighted by Gasteiger charge is 2.09. The molecular weight excluding hydrogens is 114 g/mol. The van der Waals surface area contributed by atoms with Crippen LogP contribution in [0.2, 0.25) is 0 Å². The van der Waals surface area contributed by atoms with Crippen molar-refractivity contribution >= 4 is 6.29 Å². The highest BCUT2D eigenvalue weighted by molar-refractivity contribution is 5.54. The van der Waals surface area contributed by atoms with Crippen LogP contribution in [0.4, 0.5) is 0 Å². The minimum atomic E-state index is 0.222. The summed E-state index contributed by atoms with van der Waals surface area (Å²) in [5.74, 6) is 0.222. The Morgan fingerprint density at radius 3 is 3.00 bits per heavy atom. The lowest BCUT2D eigenvalue weighted by Crippen LogP contribution is -2.24. The van der Waals surface area contributed by atoms with E-state index >= 15 is 0 Å². The zero-order valence-electron chi connectivity index (χ0n) is 5.58. The average molecular weight is 125 g/mol. The minimum absolute atomic E-state index is 0.222. The lowest BCUT2D eigenvalue weighted by Gasteiger charge is -2.21. The van der Waals surface area contributed by atoms with E-state index in [1.54, 1.807) is 0 Å². The molecule has 0 fully saturated rings. The van der Waals surface area contributed by atoms with Crippen molar-refractivity contribution in [1.82, 2.24) is 4.90 Å². The summed E-state index contributed by atoms with van der Waals surface area (Å²) in [5, 5.41) is 0. The molecular formula is C7H11NO. The molecule has 0 radical (unpaired) electrons. The molecule has 1 rings (SSSR count). The predicted octanol–water partition coefficient (Wildman–Crippen LogP) is 0.651. The molecule has 0 amide bonds. The fourth-order valence-electron chi connectivity index (χ4n) is 1.02. The van der Waals surface area contributed by atoms with Gasteiger partial charge >= 0.3 is 0 Å². The number of rotatable bonds is 1. The van der Waals surface area contributed by atoms with Crippen LogP contribution in [0, 0.1) is 5.92 Å². The van der Waals surface area contributed by atoms with Crippen LogP contribution in [-0.2, 0) is 4.79 Å². The summed E-state index contributed by atoms with van der Waals surface area (Å²) >= 11 is 0. The third kappa shape index (κ3) is 1.56. The summed E-state index contributed by atoms with van der Waals surface area (Å²) in [6.45, 7) is 0.875. The molecule has 50 valence electrons. The summed E-state index contributed by atoms with van der Waals surface area (Å²) < 4.78 is 0. The van der Waals surface area contributed by atoms with Gasteiger partial charge < -0.3 is 9.69 Å². The van der Waals surface area contributed by atoms with Crippen LogP contribution in [0.25, 0.3) is 0 Å². The van der Waals surface area contributed by atoms with E-state index in [-0.39, 0.29) is 5.92 Å². The summed E-state index contributed by atoms with van der Waals surface area (Å²) in [6.07, 6.45) is 5.98. The maximum Gasteiger partial charge on any atom is 0.125 e. The zero-order valence-corrected chi connectivity index (χ0v) is 5.58. The summed E-state index contributed by atoms with van der Waals surface area (Å²) in [6, 6.07) is 0. The van der Waals surface area contributed by atoms with Crippen molar-refractivity contribution in [2.75, 3.05) is 13.6 Å². The van der Waals surface area contributed by atoms with Gasteiger partial charge in [0.1, 0.15) is 6.29 Å². The van der Waals surface area contributed by atoms with E-state index in [0.29, 0.717) is 0 Å². The number of hydrogen-bond donors (Lipinski definition) is 0. The lowest BCUT2D eigenvalue weighted by atomic mass is 10.1. The summed E-state index contributed by atoms with van der Waals surface area (Å²) in [4.78, 5) is 12.3. The molecule has 2 nitrogen and oxygen atoms in total. The van der Waals surface area contributed by atoms with Crippen molar-refractivity contribution < 1.29 is 4.79 Å². The topological polar surface area (TPSA) is 20.3 Å². The number of allylic oxidation sites excluding steroid dienone is 1. The Bertz CT molecular complexity index is 131. The van der Waals surface area contributed by atoms with E-state index in [1.807, 2.05) is 24.2 Å². The van der Waals surface area contributed by atoms with Crippen LogP contribution >= 0.6 is 0 Å². The first-order valence-electron chi connectivity index (χ1n) is 3.15. The number of carbonyl (C=O) groups excluding carboxylic acids is 1. The Morgan fingerprint density at radius 2 is 2.56 bits per heavy atom. The fourth-order valence-corrected chi connectivity index (χ4v) is 1.02. The molecule has 0 bridgehead atoms. The van der Waals surface area contributed by atoms with Crippen LogP contribution in [0.1, 0.15) is 6.42 Å². The Kier molecular flexibility index (Phi) is 1.88. The zero-order chi connectivity index (χ0) is 6.69. The lowest BCUT2D eigenvalue weighted by molar-refractivity contribution is -0.111. The first kappa shape index (κ1) is 6.33. The molecule has 1 unspecified atom stereocenters. The van der Waals surface area contributed by atoms with E-state index in [0.717, 1.165) is 19.3 Å². The molecule has 1 aliphatic rings. The molecule has 0 aliphatic carbocycles. The average Bonchev–Trinajstić information content (AvgIpc) is 1.88. The number of aldehydes is 1. The van der Waals surface area contributed by atoms with Crippen molar-refractivity contribution in [2.24, 2.45) is 5.92 Å². The van der Waals surface area contributed by atoms with Crippen LogP contribution < -0.4 is 0 Å². The molecule has 0 aromatic rings. The van der Waals surface area contributed by atoms with E-state index < -0.39 is 0 Å². The SMILES string of the molecule is CN1C=CCC(C=O)C1. The van der Waals surface area contributed by atoms with Crippen LogP contribution in [-0.4, -0.2) is 24.8 Å². The van der Waals surface area contributed by atoms with Gasteiger partial charge in [-0.2, -0.15) is 0 Å². The first-order valence-corrected chi connectivity index (χ1v) is 3.15. The number of nitrogens with zero attached hydrogens (tertiary/aromatic N) is 1. The van der Waals surface area contributed by atoms with Gasteiger partial charge in [-0.25, -0.2) is 0 Å². The van der Waals surface area contributed by atoms with Crippen molar-refractivity contribution in [3.63, 3.8) is 0 Å². The quantitative estimate of drug-likeness (QED) is 0.479. The van der Waals surface area contributed by atoms with Gasteiger partial charge in [0, 0.05) is 19.5 Å². The van der Waals surface area contributed by atoms with Crippen LogP contribution in [0.5, 0.6) is 0 Å². The smallest absolute Gasteiger partial charge is 0.125 e. The van der Waals surface area contributed by atoms with Crippen molar-refractivity contribution in [1.29, 1.82) is 0 Å². The van der Waals surface area contributed by atoms with Crippen molar-refractivity contribution in [3.05, 3.63) is 12.3 Å². The van der Waals surface area contributed by atoms with Gasteiger partial charge in [0.05, 0.1) is 0 Å². The molecule has 0 aromatic heterocycles. The first-order chi connectivity index (χ1) is 4.33. The molecule has 1 heterocycles. The maximum atomic E-state index is 10.2. The number of hydrogen-bond acceptors (Lipinski definition) is 2. The predicted molar refractivity (Wildman–Crippen MR) is 35.9 cm³/mol. The van der Waals surface area contributed by atoms with E-state index in [1.165, 1.54) is 0 Å². The normalized spacial score (nSPS) is 26.3. The standard InChI is InChI=1S/C7H11NO/c1-8-4-2-3-7(5-8)6-9/h2,4,6-7H,3,5H2,1H3. The molecule has 0 N–H and O–H groups in total. The Morgan fingerprint density at radius 1 is 1.78 bits per heavy atom. The molecule has 9 heavy (non-hydrogen) atoms. The van der Waals surface area contributed by atoms with Gasteiger partial charge in [0.15, 0.2) is 0 Å². The van der Waals surface area contributed by atoms with Gasteiger partial charge in [-0.15, -0.1) is 0 Å². The van der Waals surface area contributed by atoms with Crippen molar-refractivity contribution in [3.8, 4) is 0 Å². The monoisotopic (exact) mass is 125 g/mol. The molecule has 2 heteroatoms. The Hall–Kier alpha value is -0.790. The molecule has 0 saturated carbocycles. The van der Waals surface area contributed by atoms with E-state index in [9.17, 15) is 4.79 Å². The van der Waals surface area contributed by atoms with Gasteiger partial charge in [-0.3, -0.25) is 0 Å². The third-order valence-electron chi connectivity index (χ3n) is 1.51. The Labute approximate surface area is 55.2 Å². The van der Waals surface area contributed by atoms with E-state index in [4.69, 9.17) is 0 Å². The largest absolute Gasteiger partial charge is 0.380 e. The highest BCUT2D eigenvalue weighted by atomic mass is 16.1. The van der Waals surface area contributed by atoms with Gasteiger partial charge in [-0.1, -0.05) is 6.08 Å². The van der Waals surface area contributed by atoms with Crippen molar-refractivity contribution in [2.45, 2.75) is 6.42 Å². The number of carbonyl (C=O) groups is 1. The second kappa shape index (κ2) is 2.67. The minimum Gasteiger partial charge on any atom is -0.380 e. The van der Waals surface area contributed by atoms with Gasteiger partial charge in [0.25, 0.3) is 0 Å². The second-order valence-electron chi connectivity index (χ2n) is 2.46. The highest BCUT2D eigenvalue weighted by Crippen LogP contribution is 2.08. The maximum absolute atomic E-state index is 10.2.